The molecule has 0 fully saturated rings. The van der Waals surface area contributed by atoms with Gasteiger partial charge in [-0.2, -0.15) is 0 Å². The first-order valence-electron chi connectivity index (χ1n) is 7.19. The summed E-state index contributed by atoms with van der Waals surface area (Å²) in [5, 5.41) is 0. The minimum Gasteiger partial charge on any atom is -0.457 e. The van der Waals surface area contributed by atoms with Gasteiger partial charge in [-0.25, -0.2) is 0 Å². The second-order valence-electron chi connectivity index (χ2n) is 5.24. The minimum atomic E-state index is -0.386. The molecule has 0 aliphatic carbocycles. The van der Waals surface area contributed by atoms with E-state index in [1.54, 1.807) is 6.07 Å². The molecule has 21 heavy (non-hydrogen) atoms. The summed E-state index contributed by atoms with van der Waals surface area (Å²) in [5.41, 5.74) is 9.19. The molecule has 0 unspecified atom stereocenters. The molecule has 0 heterocycles. The van der Waals surface area contributed by atoms with Gasteiger partial charge < -0.3 is 10.5 Å². The van der Waals surface area contributed by atoms with Crippen LogP contribution in [-0.2, 0) is 6.42 Å². The Kier molecular flexibility index (Phi) is 4.63. The van der Waals surface area contributed by atoms with Crippen LogP contribution < -0.4 is 10.5 Å². The van der Waals surface area contributed by atoms with Gasteiger partial charge >= 0.3 is 0 Å². The summed E-state index contributed by atoms with van der Waals surface area (Å²) in [4.78, 5) is 11.5. The van der Waals surface area contributed by atoms with Crippen molar-refractivity contribution < 1.29 is 9.53 Å². The fourth-order valence-corrected chi connectivity index (χ4v) is 2.38. The van der Waals surface area contributed by atoms with E-state index in [9.17, 15) is 4.79 Å². The maximum Gasteiger partial charge on any atom is 0.248 e. The molecule has 0 aromatic heterocycles. The smallest absolute Gasteiger partial charge is 0.248 e. The monoisotopic (exact) mass is 283 g/mol. The molecule has 110 valence electrons. The first kappa shape index (κ1) is 15.1. The second-order valence-corrected chi connectivity index (χ2v) is 5.24. The van der Waals surface area contributed by atoms with E-state index < -0.39 is 0 Å². The standard InChI is InChI=1S/C18H21NO2/c1-4-5-15-13(3)17(11-10-16(15)18(19)20)21-14-8-6-12(2)7-9-14/h6-11H,4-5H2,1-3H3,(H2,19,20). The third-order valence-corrected chi connectivity index (χ3v) is 3.56. The summed E-state index contributed by atoms with van der Waals surface area (Å²) < 4.78 is 5.93. The number of carbonyl (C=O) groups excluding carboxylic acids is 1. The maximum atomic E-state index is 11.5. The number of aryl methyl sites for hydroxylation is 1. The molecule has 0 spiro atoms. The van der Waals surface area contributed by atoms with E-state index in [2.05, 4.69) is 6.92 Å². The number of hydrogen-bond donors (Lipinski definition) is 1. The van der Waals surface area contributed by atoms with Crippen LogP contribution in [0.5, 0.6) is 11.5 Å². The predicted molar refractivity (Wildman–Crippen MR) is 84.9 cm³/mol. The molecule has 0 bridgehead atoms. The van der Waals surface area contributed by atoms with Gasteiger partial charge in [-0.15, -0.1) is 0 Å². The Morgan fingerprint density at radius 3 is 2.33 bits per heavy atom. The van der Waals surface area contributed by atoms with Crippen LogP contribution in [0, 0.1) is 13.8 Å². The van der Waals surface area contributed by atoms with Crippen LogP contribution in [0.2, 0.25) is 0 Å². The molecule has 3 heteroatoms. The van der Waals surface area contributed by atoms with Gasteiger partial charge in [-0.3, -0.25) is 4.79 Å². The lowest BCUT2D eigenvalue weighted by atomic mass is 9.96. The Labute approximate surface area is 125 Å². The van der Waals surface area contributed by atoms with E-state index in [0.29, 0.717) is 5.56 Å². The Balaban J connectivity index is 2.38. The van der Waals surface area contributed by atoms with Crippen molar-refractivity contribution in [3.63, 3.8) is 0 Å². The van der Waals surface area contributed by atoms with Crippen molar-refractivity contribution >= 4 is 5.91 Å². The number of primary amides is 1. The van der Waals surface area contributed by atoms with Gasteiger partial charge in [0.2, 0.25) is 5.91 Å². The number of rotatable bonds is 5. The molecule has 2 rings (SSSR count). The zero-order valence-electron chi connectivity index (χ0n) is 12.8. The van der Waals surface area contributed by atoms with Crippen LogP contribution in [0.4, 0.5) is 0 Å². The molecular formula is C18H21NO2. The first-order valence-corrected chi connectivity index (χ1v) is 7.19. The number of hydrogen-bond acceptors (Lipinski definition) is 2. The number of carbonyl (C=O) groups is 1. The van der Waals surface area contributed by atoms with Gasteiger partial charge in [0.15, 0.2) is 0 Å². The van der Waals surface area contributed by atoms with Gasteiger partial charge in [0.25, 0.3) is 0 Å². The summed E-state index contributed by atoms with van der Waals surface area (Å²) in [6, 6.07) is 11.5. The zero-order valence-corrected chi connectivity index (χ0v) is 12.8. The Morgan fingerprint density at radius 1 is 1.10 bits per heavy atom. The Bertz CT molecular complexity index is 645. The normalized spacial score (nSPS) is 10.4. The van der Waals surface area contributed by atoms with E-state index in [1.165, 1.54) is 5.56 Å². The average Bonchev–Trinajstić information content (AvgIpc) is 2.45. The summed E-state index contributed by atoms with van der Waals surface area (Å²) in [5.74, 6) is 1.17. The quantitative estimate of drug-likeness (QED) is 0.896. The van der Waals surface area contributed by atoms with E-state index in [4.69, 9.17) is 10.5 Å². The highest BCUT2D eigenvalue weighted by Crippen LogP contribution is 2.30. The predicted octanol–water partition coefficient (Wildman–Crippen LogP) is 4.15. The third-order valence-electron chi connectivity index (χ3n) is 3.56. The molecule has 0 saturated heterocycles. The van der Waals surface area contributed by atoms with Gasteiger partial charge in [0.1, 0.15) is 11.5 Å². The Morgan fingerprint density at radius 2 is 1.76 bits per heavy atom. The second kappa shape index (κ2) is 6.44. The summed E-state index contributed by atoms with van der Waals surface area (Å²) in [6.07, 6.45) is 1.77. The lowest BCUT2D eigenvalue weighted by molar-refractivity contribution is 0.0999. The molecular weight excluding hydrogens is 262 g/mol. The lowest BCUT2D eigenvalue weighted by Crippen LogP contribution is -2.15. The lowest BCUT2D eigenvalue weighted by Gasteiger charge is -2.15. The van der Waals surface area contributed by atoms with Crippen molar-refractivity contribution in [3.05, 3.63) is 58.7 Å². The largest absolute Gasteiger partial charge is 0.457 e. The van der Waals surface area contributed by atoms with Crippen molar-refractivity contribution in [2.75, 3.05) is 0 Å². The molecule has 0 radical (unpaired) electrons. The van der Waals surface area contributed by atoms with Crippen molar-refractivity contribution in [1.29, 1.82) is 0 Å². The van der Waals surface area contributed by atoms with Crippen LogP contribution in [0.3, 0.4) is 0 Å². The third kappa shape index (κ3) is 3.43. The fraction of sp³-hybridized carbons (Fsp3) is 0.278. The molecule has 0 atom stereocenters. The number of ether oxygens (including phenoxy) is 1. The molecule has 1 amide bonds. The topological polar surface area (TPSA) is 52.3 Å². The van der Waals surface area contributed by atoms with Crippen LogP contribution in [0.1, 0.15) is 40.4 Å². The van der Waals surface area contributed by atoms with Crippen molar-refractivity contribution in [2.45, 2.75) is 33.6 Å². The summed E-state index contributed by atoms with van der Waals surface area (Å²) >= 11 is 0. The van der Waals surface area contributed by atoms with Gasteiger partial charge in [0, 0.05) is 5.56 Å². The number of nitrogens with two attached hydrogens (primary N) is 1. The molecule has 0 aliphatic heterocycles. The van der Waals surface area contributed by atoms with Crippen LogP contribution in [0.15, 0.2) is 36.4 Å². The molecule has 3 nitrogen and oxygen atoms in total. The molecule has 0 saturated carbocycles. The zero-order chi connectivity index (χ0) is 15.4. The first-order chi connectivity index (χ1) is 10.0. The molecule has 2 N–H and O–H groups in total. The van der Waals surface area contributed by atoms with E-state index in [0.717, 1.165) is 35.5 Å². The molecule has 2 aromatic rings. The average molecular weight is 283 g/mol. The van der Waals surface area contributed by atoms with E-state index >= 15 is 0 Å². The minimum absolute atomic E-state index is 0.386. The SMILES string of the molecule is CCCc1c(C(N)=O)ccc(Oc2ccc(C)cc2)c1C. The van der Waals surface area contributed by atoms with Crippen LogP contribution >= 0.6 is 0 Å². The highest BCUT2D eigenvalue weighted by Gasteiger charge is 2.14. The van der Waals surface area contributed by atoms with Crippen LogP contribution in [-0.4, -0.2) is 5.91 Å². The Hall–Kier alpha value is -2.29. The maximum absolute atomic E-state index is 11.5. The highest BCUT2D eigenvalue weighted by molar-refractivity contribution is 5.95. The molecule has 0 aliphatic rings. The fourth-order valence-electron chi connectivity index (χ4n) is 2.38. The van der Waals surface area contributed by atoms with Crippen molar-refractivity contribution in [3.8, 4) is 11.5 Å². The van der Waals surface area contributed by atoms with Crippen molar-refractivity contribution in [2.24, 2.45) is 5.73 Å². The van der Waals surface area contributed by atoms with Crippen molar-refractivity contribution in [1.82, 2.24) is 0 Å². The van der Waals surface area contributed by atoms with Gasteiger partial charge in [0.05, 0.1) is 0 Å². The van der Waals surface area contributed by atoms with Crippen LogP contribution in [0.25, 0.3) is 0 Å². The summed E-state index contributed by atoms with van der Waals surface area (Å²) in [7, 11) is 0. The number of amides is 1. The van der Waals surface area contributed by atoms with E-state index in [1.807, 2.05) is 44.2 Å². The summed E-state index contributed by atoms with van der Waals surface area (Å²) in [6.45, 7) is 6.09. The van der Waals surface area contributed by atoms with E-state index in [-0.39, 0.29) is 5.91 Å². The highest BCUT2D eigenvalue weighted by atomic mass is 16.5. The molecule has 2 aromatic carbocycles. The number of benzene rings is 2. The van der Waals surface area contributed by atoms with Gasteiger partial charge in [-0.05, 0) is 55.7 Å². The van der Waals surface area contributed by atoms with Gasteiger partial charge in [-0.1, -0.05) is 31.0 Å².